The molecule has 1 N–H and O–H groups in total. The minimum absolute atomic E-state index is 0.135. The van der Waals surface area contributed by atoms with E-state index < -0.39 is 0 Å². The molecule has 1 aliphatic heterocycles. The Morgan fingerprint density at radius 3 is 2.62 bits per heavy atom. The molecule has 3 rings (SSSR count). The Labute approximate surface area is 100 Å². The molecule has 16 heavy (non-hydrogen) atoms. The highest BCUT2D eigenvalue weighted by Crippen LogP contribution is 2.40. The summed E-state index contributed by atoms with van der Waals surface area (Å²) in [6.07, 6.45) is 1.03. The standard InChI is InChI=1S/C14H14ClN/c1-14(2)8-9-7-12(15)10-5-3-4-6-11(10)13(9)16-14/h3-7,16H,8H2,1-2H3. The topological polar surface area (TPSA) is 12.0 Å². The predicted molar refractivity (Wildman–Crippen MR) is 70.4 cm³/mol. The molecule has 0 radical (unpaired) electrons. The molecule has 0 saturated heterocycles. The van der Waals surface area contributed by atoms with Crippen LogP contribution in [-0.4, -0.2) is 5.54 Å². The maximum Gasteiger partial charge on any atom is 0.0488 e. The number of hydrogen-bond donors (Lipinski definition) is 1. The zero-order chi connectivity index (χ0) is 11.3. The summed E-state index contributed by atoms with van der Waals surface area (Å²) in [5.74, 6) is 0. The molecule has 1 nitrogen and oxygen atoms in total. The van der Waals surface area contributed by atoms with E-state index in [4.69, 9.17) is 11.6 Å². The minimum atomic E-state index is 0.135. The molecule has 2 heteroatoms. The number of fused-ring (bicyclic) bond motifs is 3. The SMILES string of the molecule is CC1(C)Cc2cc(Cl)c3ccccc3c2N1. The summed E-state index contributed by atoms with van der Waals surface area (Å²) < 4.78 is 0. The second-order valence-corrected chi connectivity index (χ2v) is 5.53. The van der Waals surface area contributed by atoms with Crippen molar-refractivity contribution in [2.24, 2.45) is 0 Å². The highest BCUT2D eigenvalue weighted by Gasteiger charge is 2.29. The molecular formula is C14H14ClN. The van der Waals surface area contributed by atoms with Crippen LogP contribution in [0.5, 0.6) is 0 Å². The van der Waals surface area contributed by atoms with E-state index in [0.717, 1.165) is 16.8 Å². The van der Waals surface area contributed by atoms with Crippen LogP contribution >= 0.6 is 11.6 Å². The Hall–Kier alpha value is -1.21. The van der Waals surface area contributed by atoms with Crippen molar-refractivity contribution in [2.45, 2.75) is 25.8 Å². The van der Waals surface area contributed by atoms with Gasteiger partial charge in [0.25, 0.3) is 0 Å². The number of rotatable bonds is 0. The van der Waals surface area contributed by atoms with E-state index >= 15 is 0 Å². The molecule has 0 amide bonds. The molecule has 2 aromatic rings. The first-order chi connectivity index (χ1) is 7.57. The van der Waals surface area contributed by atoms with Gasteiger partial charge >= 0.3 is 0 Å². The lowest BCUT2D eigenvalue weighted by Crippen LogP contribution is -2.27. The van der Waals surface area contributed by atoms with Crippen LogP contribution in [0.4, 0.5) is 5.69 Å². The van der Waals surface area contributed by atoms with Gasteiger partial charge in [0.1, 0.15) is 0 Å². The fourth-order valence-corrected chi connectivity index (χ4v) is 2.83. The maximum atomic E-state index is 6.31. The molecular weight excluding hydrogens is 218 g/mol. The lowest BCUT2D eigenvalue weighted by Gasteiger charge is -2.18. The lowest BCUT2D eigenvalue weighted by atomic mass is 9.99. The highest BCUT2D eigenvalue weighted by atomic mass is 35.5. The number of benzene rings is 2. The van der Waals surface area contributed by atoms with Crippen LogP contribution in [0.2, 0.25) is 5.02 Å². The van der Waals surface area contributed by atoms with E-state index in [1.807, 2.05) is 6.07 Å². The monoisotopic (exact) mass is 231 g/mol. The normalized spacial score (nSPS) is 17.2. The van der Waals surface area contributed by atoms with Gasteiger partial charge in [0.2, 0.25) is 0 Å². The van der Waals surface area contributed by atoms with Gasteiger partial charge in [-0.3, -0.25) is 0 Å². The molecule has 0 bridgehead atoms. The van der Waals surface area contributed by atoms with Crippen LogP contribution in [0.25, 0.3) is 10.8 Å². The molecule has 0 saturated carbocycles. The summed E-state index contributed by atoms with van der Waals surface area (Å²) in [7, 11) is 0. The van der Waals surface area contributed by atoms with Crippen molar-refractivity contribution in [3.05, 3.63) is 40.9 Å². The number of nitrogens with one attached hydrogen (secondary N) is 1. The van der Waals surface area contributed by atoms with Gasteiger partial charge in [0, 0.05) is 27.0 Å². The largest absolute Gasteiger partial charge is 0.379 e. The Morgan fingerprint density at radius 1 is 1.19 bits per heavy atom. The third-order valence-corrected chi connectivity index (χ3v) is 3.48. The molecule has 0 unspecified atom stereocenters. The van der Waals surface area contributed by atoms with Gasteiger partial charge in [-0.25, -0.2) is 0 Å². The average Bonchev–Trinajstić information content (AvgIpc) is 2.53. The third kappa shape index (κ3) is 1.39. The number of anilines is 1. The van der Waals surface area contributed by atoms with E-state index in [-0.39, 0.29) is 5.54 Å². The van der Waals surface area contributed by atoms with Crippen LogP contribution in [0.3, 0.4) is 0 Å². The smallest absolute Gasteiger partial charge is 0.0488 e. The van der Waals surface area contributed by atoms with Crippen molar-refractivity contribution >= 4 is 28.1 Å². The van der Waals surface area contributed by atoms with E-state index in [1.54, 1.807) is 0 Å². The van der Waals surface area contributed by atoms with Gasteiger partial charge in [-0.2, -0.15) is 0 Å². The fourth-order valence-electron chi connectivity index (χ4n) is 2.53. The molecule has 82 valence electrons. The van der Waals surface area contributed by atoms with Crippen molar-refractivity contribution in [1.29, 1.82) is 0 Å². The van der Waals surface area contributed by atoms with Crippen LogP contribution in [0, 0.1) is 0 Å². The van der Waals surface area contributed by atoms with Gasteiger partial charge in [-0.1, -0.05) is 35.9 Å². The molecule has 0 aliphatic carbocycles. The van der Waals surface area contributed by atoms with Crippen LogP contribution < -0.4 is 5.32 Å². The molecule has 1 heterocycles. The summed E-state index contributed by atoms with van der Waals surface area (Å²) in [6, 6.07) is 10.4. The zero-order valence-electron chi connectivity index (χ0n) is 9.47. The Kier molecular flexibility index (Phi) is 1.96. The van der Waals surface area contributed by atoms with Crippen molar-refractivity contribution in [1.82, 2.24) is 0 Å². The molecule has 0 fully saturated rings. The fraction of sp³-hybridized carbons (Fsp3) is 0.286. The summed E-state index contributed by atoms with van der Waals surface area (Å²) in [5, 5.41) is 6.81. The number of halogens is 1. The van der Waals surface area contributed by atoms with Crippen molar-refractivity contribution < 1.29 is 0 Å². The summed E-state index contributed by atoms with van der Waals surface area (Å²) >= 11 is 6.31. The van der Waals surface area contributed by atoms with E-state index in [0.29, 0.717) is 0 Å². The highest BCUT2D eigenvalue weighted by molar-refractivity contribution is 6.36. The first kappa shape index (κ1) is 9.98. The second-order valence-electron chi connectivity index (χ2n) is 5.12. The van der Waals surface area contributed by atoms with Gasteiger partial charge in [-0.15, -0.1) is 0 Å². The van der Waals surface area contributed by atoms with Crippen LogP contribution in [-0.2, 0) is 6.42 Å². The Morgan fingerprint density at radius 2 is 1.88 bits per heavy atom. The Balaban J connectivity index is 2.35. The quantitative estimate of drug-likeness (QED) is 0.715. The van der Waals surface area contributed by atoms with Crippen LogP contribution in [0.1, 0.15) is 19.4 Å². The van der Waals surface area contributed by atoms with Crippen molar-refractivity contribution in [3.63, 3.8) is 0 Å². The maximum absolute atomic E-state index is 6.31. The summed E-state index contributed by atoms with van der Waals surface area (Å²) in [5.41, 5.74) is 2.72. The third-order valence-electron chi connectivity index (χ3n) is 3.17. The number of hydrogen-bond acceptors (Lipinski definition) is 1. The summed E-state index contributed by atoms with van der Waals surface area (Å²) in [4.78, 5) is 0. The van der Waals surface area contributed by atoms with E-state index in [9.17, 15) is 0 Å². The molecule has 2 aromatic carbocycles. The Bertz CT molecular complexity index is 572. The molecule has 0 spiro atoms. The summed E-state index contributed by atoms with van der Waals surface area (Å²) in [6.45, 7) is 4.44. The average molecular weight is 232 g/mol. The predicted octanol–water partition coefficient (Wildman–Crippen LogP) is 4.24. The minimum Gasteiger partial charge on any atom is -0.379 e. The second kappa shape index (κ2) is 3.14. The first-order valence-electron chi connectivity index (χ1n) is 5.55. The zero-order valence-corrected chi connectivity index (χ0v) is 10.2. The van der Waals surface area contributed by atoms with Crippen LogP contribution in [0.15, 0.2) is 30.3 Å². The molecule has 0 atom stereocenters. The van der Waals surface area contributed by atoms with Gasteiger partial charge in [0.05, 0.1) is 0 Å². The van der Waals surface area contributed by atoms with Crippen molar-refractivity contribution in [3.8, 4) is 0 Å². The van der Waals surface area contributed by atoms with E-state index in [1.165, 1.54) is 16.6 Å². The first-order valence-corrected chi connectivity index (χ1v) is 5.93. The van der Waals surface area contributed by atoms with Gasteiger partial charge < -0.3 is 5.32 Å². The molecule has 0 aromatic heterocycles. The molecule has 1 aliphatic rings. The van der Waals surface area contributed by atoms with E-state index in [2.05, 4.69) is 43.4 Å². The van der Waals surface area contributed by atoms with Crippen molar-refractivity contribution in [2.75, 3.05) is 5.32 Å². The van der Waals surface area contributed by atoms with Gasteiger partial charge in [0.15, 0.2) is 0 Å². The van der Waals surface area contributed by atoms with Gasteiger partial charge in [-0.05, 0) is 31.9 Å². The lowest BCUT2D eigenvalue weighted by molar-refractivity contribution is 0.594.